The average Bonchev–Trinajstić information content (AvgIpc) is 1.59. The summed E-state index contributed by atoms with van der Waals surface area (Å²) in [7, 11) is 0. The first kappa shape index (κ1) is 6.30. The summed E-state index contributed by atoms with van der Waals surface area (Å²) in [6, 6.07) is 0. The van der Waals surface area contributed by atoms with Gasteiger partial charge in [-0.15, -0.1) is 5.53 Å². The molecule has 0 radical (unpaired) electrons. The fourth-order valence-corrected chi connectivity index (χ4v) is 0.518. The zero-order valence-electron chi connectivity index (χ0n) is 4.52. The molecule has 4 N–H and O–H groups in total. The Balaban J connectivity index is 2.56. The zero-order valence-corrected chi connectivity index (χ0v) is 4.52. The first-order chi connectivity index (χ1) is 4.18. The van der Waals surface area contributed by atoms with Gasteiger partial charge in [0.1, 0.15) is 12.3 Å². The molecule has 6 nitrogen and oxygen atoms in total. The van der Waals surface area contributed by atoms with E-state index >= 15 is 0 Å². The summed E-state index contributed by atoms with van der Waals surface area (Å²) in [5, 5.41) is 26.8. The molecule has 6 heteroatoms. The van der Waals surface area contributed by atoms with E-state index in [9.17, 15) is 0 Å². The van der Waals surface area contributed by atoms with Gasteiger partial charge in [0, 0.05) is 0 Å². The van der Waals surface area contributed by atoms with Crippen LogP contribution in [0.15, 0.2) is 12.0 Å². The fourth-order valence-electron chi connectivity index (χ4n) is 0.518. The summed E-state index contributed by atoms with van der Waals surface area (Å²) in [5.41, 5.74) is 2.05. The molecule has 0 spiro atoms. The molecule has 0 aromatic carbocycles. The summed E-state index contributed by atoms with van der Waals surface area (Å²) < 4.78 is 0. The maximum absolute atomic E-state index is 8.67. The molecule has 0 bridgehead atoms. The Morgan fingerprint density at radius 2 is 2.22 bits per heavy atom. The van der Waals surface area contributed by atoms with Crippen molar-refractivity contribution in [3.63, 3.8) is 0 Å². The quantitative estimate of drug-likeness (QED) is 0.346. The molecular weight excluding hydrogens is 126 g/mol. The molecule has 1 heterocycles. The number of hydrazine groups is 2. The third-order valence-electron chi connectivity index (χ3n) is 0.801. The number of rotatable bonds is 0. The van der Waals surface area contributed by atoms with Gasteiger partial charge in [-0.2, -0.15) is 5.17 Å². The second-order valence-corrected chi connectivity index (χ2v) is 1.62. The van der Waals surface area contributed by atoms with Gasteiger partial charge in [0.25, 0.3) is 0 Å². The molecular formula is C3H7N3O3. The van der Waals surface area contributed by atoms with Gasteiger partial charge in [-0.3, -0.25) is 10.4 Å². The Morgan fingerprint density at radius 1 is 1.56 bits per heavy atom. The van der Waals surface area contributed by atoms with E-state index in [0.29, 0.717) is 10.3 Å². The van der Waals surface area contributed by atoms with E-state index in [1.807, 2.05) is 0 Å². The number of hydrogen-bond donors (Lipinski definition) is 4. The minimum atomic E-state index is -0.126. The molecule has 0 fully saturated rings. The van der Waals surface area contributed by atoms with Gasteiger partial charge in [0.05, 0.1) is 6.20 Å². The highest BCUT2D eigenvalue weighted by Crippen LogP contribution is 1.97. The van der Waals surface area contributed by atoms with Gasteiger partial charge in [-0.1, -0.05) is 5.17 Å². The largest absolute Gasteiger partial charge is 0.509 e. The SMILES string of the molecule is OC1=CN(O)NN(O)C1. The van der Waals surface area contributed by atoms with Crippen LogP contribution < -0.4 is 5.53 Å². The van der Waals surface area contributed by atoms with Gasteiger partial charge >= 0.3 is 0 Å². The molecule has 0 saturated carbocycles. The monoisotopic (exact) mass is 133 g/mol. The maximum Gasteiger partial charge on any atom is 0.130 e. The van der Waals surface area contributed by atoms with Crippen LogP contribution in [-0.2, 0) is 0 Å². The molecule has 0 atom stereocenters. The van der Waals surface area contributed by atoms with Crippen molar-refractivity contribution in [2.24, 2.45) is 0 Å². The molecule has 0 amide bonds. The van der Waals surface area contributed by atoms with Crippen molar-refractivity contribution >= 4 is 0 Å². The second-order valence-electron chi connectivity index (χ2n) is 1.62. The second kappa shape index (κ2) is 2.19. The Kier molecular flexibility index (Phi) is 1.54. The summed E-state index contributed by atoms with van der Waals surface area (Å²) in [6.45, 7) is -0.0446. The highest BCUT2D eigenvalue weighted by molar-refractivity contribution is 4.91. The fraction of sp³-hybridized carbons (Fsp3) is 0.333. The van der Waals surface area contributed by atoms with Crippen LogP contribution in [0.25, 0.3) is 0 Å². The van der Waals surface area contributed by atoms with Crippen molar-refractivity contribution in [3.8, 4) is 0 Å². The molecule has 0 aromatic rings. The van der Waals surface area contributed by atoms with Crippen LogP contribution in [-0.4, -0.2) is 32.4 Å². The Labute approximate surface area is 51.1 Å². The van der Waals surface area contributed by atoms with Gasteiger partial charge in [0.15, 0.2) is 0 Å². The lowest BCUT2D eigenvalue weighted by Crippen LogP contribution is -2.48. The highest BCUT2D eigenvalue weighted by atomic mass is 16.6. The predicted octanol–water partition coefficient (Wildman–Crippen LogP) is -0.799. The van der Waals surface area contributed by atoms with Crippen molar-refractivity contribution < 1.29 is 15.5 Å². The number of nitrogens with one attached hydrogen (secondary N) is 1. The molecule has 1 rings (SSSR count). The van der Waals surface area contributed by atoms with E-state index in [2.05, 4.69) is 5.53 Å². The summed E-state index contributed by atoms with van der Waals surface area (Å²) >= 11 is 0. The molecule has 1 aliphatic heterocycles. The van der Waals surface area contributed by atoms with E-state index in [1.165, 1.54) is 0 Å². The van der Waals surface area contributed by atoms with Crippen molar-refractivity contribution in [1.82, 2.24) is 15.9 Å². The van der Waals surface area contributed by atoms with Gasteiger partial charge in [-0.05, 0) is 0 Å². The van der Waals surface area contributed by atoms with E-state index in [4.69, 9.17) is 15.5 Å². The lowest BCUT2D eigenvalue weighted by atomic mass is 10.5. The van der Waals surface area contributed by atoms with E-state index in [0.717, 1.165) is 6.20 Å². The maximum atomic E-state index is 8.67. The van der Waals surface area contributed by atoms with Crippen LogP contribution in [0.5, 0.6) is 0 Å². The Morgan fingerprint density at radius 3 is 2.67 bits per heavy atom. The minimum Gasteiger partial charge on any atom is -0.509 e. The van der Waals surface area contributed by atoms with Crippen molar-refractivity contribution in [2.75, 3.05) is 6.54 Å². The number of hydrogen-bond acceptors (Lipinski definition) is 6. The number of aliphatic hydroxyl groups excluding tert-OH is 1. The lowest BCUT2D eigenvalue weighted by Gasteiger charge is -2.24. The topological polar surface area (TPSA) is 79.2 Å². The van der Waals surface area contributed by atoms with E-state index in [-0.39, 0.29) is 12.3 Å². The first-order valence-electron chi connectivity index (χ1n) is 2.29. The van der Waals surface area contributed by atoms with Crippen molar-refractivity contribution in [3.05, 3.63) is 12.0 Å². The van der Waals surface area contributed by atoms with Crippen LogP contribution >= 0.6 is 0 Å². The number of hydroxylamine groups is 2. The molecule has 0 aromatic heterocycles. The molecule has 0 aliphatic carbocycles. The van der Waals surface area contributed by atoms with Gasteiger partial charge in [-0.25, -0.2) is 0 Å². The predicted molar refractivity (Wildman–Crippen MR) is 26.0 cm³/mol. The molecule has 0 unspecified atom stereocenters. The lowest BCUT2D eigenvalue weighted by molar-refractivity contribution is -0.260. The van der Waals surface area contributed by atoms with Gasteiger partial charge in [0.2, 0.25) is 0 Å². The van der Waals surface area contributed by atoms with Crippen molar-refractivity contribution in [2.45, 2.75) is 0 Å². The normalized spacial score (nSPS) is 22.0. The molecule has 9 heavy (non-hydrogen) atoms. The Hall–Kier alpha value is -0.820. The van der Waals surface area contributed by atoms with E-state index < -0.39 is 0 Å². The van der Waals surface area contributed by atoms with Crippen LogP contribution in [0.2, 0.25) is 0 Å². The van der Waals surface area contributed by atoms with Gasteiger partial charge < -0.3 is 5.11 Å². The summed E-state index contributed by atoms with van der Waals surface area (Å²) in [5.74, 6) is -0.126. The van der Waals surface area contributed by atoms with Crippen molar-refractivity contribution in [1.29, 1.82) is 0 Å². The zero-order chi connectivity index (χ0) is 6.85. The first-order valence-corrected chi connectivity index (χ1v) is 2.29. The number of aliphatic hydroxyl groups is 1. The van der Waals surface area contributed by atoms with Crippen LogP contribution in [0.1, 0.15) is 0 Å². The molecule has 1 aliphatic rings. The third-order valence-corrected chi connectivity index (χ3v) is 0.801. The molecule has 0 saturated heterocycles. The minimum absolute atomic E-state index is 0.0446. The smallest absolute Gasteiger partial charge is 0.130 e. The summed E-state index contributed by atoms with van der Waals surface area (Å²) in [4.78, 5) is 0. The summed E-state index contributed by atoms with van der Waals surface area (Å²) in [6.07, 6.45) is 1.03. The number of nitrogens with zero attached hydrogens (tertiary/aromatic N) is 2. The standard InChI is InChI=1S/C3H7N3O3/c7-3-1-5(8)4-6(9)2-3/h1,4,7-9H,2H2. The average molecular weight is 133 g/mol. The van der Waals surface area contributed by atoms with Crippen LogP contribution in [0, 0.1) is 0 Å². The van der Waals surface area contributed by atoms with Crippen LogP contribution in [0.3, 0.4) is 0 Å². The third kappa shape index (κ3) is 1.54. The molecule has 52 valence electrons. The van der Waals surface area contributed by atoms with Crippen LogP contribution in [0.4, 0.5) is 0 Å². The highest BCUT2D eigenvalue weighted by Gasteiger charge is 2.11. The Bertz CT molecular complexity index is 136. The van der Waals surface area contributed by atoms with E-state index in [1.54, 1.807) is 0 Å².